The van der Waals surface area contributed by atoms with Gasteiger partial charge in [-0.2, -0.15) is 0 Å². The van der Waals surface area contributed by atoms with Gasteiger partial charge in [0.2, 0.25) is 0 Å². The van der Waals surface area contributed by atoms with Gasteiger partial charge in [-0.15, -0.1) is 0 Å². The first-order valence-corrected chi connectivity index (χ1v) is 7.94. The highest BCUT2D eigenvalue weighted by atomic mass is 79.9. The van der Waals surface area contributed by atoms with Gasteiger partial charge in [-0.05, 0) is 27.6 Å². The van der Waals surface area contributed by atoms with E-state index in [4.69, 9.17) is 5.73 Å². The lowest BCUT2D eigenvalue weighted by atomic mass is 10.2. The van der Waals surface area contributed by atoms with Crippen molar-refractivity contribution in [3.63, 3.8) is 0 Å². The van der Waals surface area contributed by atoms with Crippen LogP contribution in [0.3, 0.4) is 0 Å². The van der Waals surface area contributed by atoms with Crippen molar-refractivity contribution >= 4 is 27.4 Å². The minimum Gasteiger partial charge on any atom is -0.396 e. The molecule has 0 radical (unpaired) electrons. The van der Waals surface area contributed by atoms with Crippen molar-refractivity contribution in [1.29, 1.82) is 0 Å². The van der Waals surface area contributed by atoms with E-state index in [1.807, 2.05) is 12.3 Å². The summed E-state index contributed by atoms with van der Waals surface area (Å²) in [6, 6.07) is 12.5. The first-order valence-electron chi connectivity index (χ1n) is 7.14. The number of nitrogens with two attached hydrogens (primary N) is 1. The van der Waals surface area contributed by atoms with Gasteiger partial charge in [0, 0.05) is 43.4 Å². The van der Waals surface area contributed by atoms with Crippen LogP contribution in [0.4, 0.5) is 11.5 Å². The fourth-order valence-corrected chi connectivity index (χ4v) is 3.02. The highest BCUT2D eigenvalue weighted by Crippen LogP contribution is 2.24. The Bertz CT molecular complexity index is 594. The minimum atomic E-state index is 0.737. The van der Waals surface area contributed by atoms with Crippen LogP contribution >= 0.6 is 15.9 Å². The third-order valence-electron chi connectivity index (χ3n) is 3.78. The van der Waals surface area contributed by atoms with Gasteiger partial charge in [0.05, 0.1) is 5.69 Å². The second-order valence-corrected chi connectivity index (χ2v) is 6.23. The number of hydrogen-bond acceptors (Lipinski definition) is 4. The second kappa shape index (κ2) is 6.45. The Balaban J connectivity index is 1.60. The summed E-state index contributed by atoms with van der Waals surface area (Å²) in [6.07, 6.45) is 1.81. The SMILES string of the molecule is Nc1cc(Br)cnc1N1CCN(Cc2ccccc2)CC1. The topological polar surface area (TPSA) is 45.4 Å². The second-order valence-electron chi connectivity index (χ2n) is 5.32. The van der Waals surface area contributed by atoms with Gasteiger partial charge in [-0.25, -0.2) is 4.98 Å². The van der Waals surface area contributed by atoms with Gasteiger partial charge in [-0.3, -0.25) is 4.90 Å². The predicted octanol–water partition coefficient (Wildman–Crippen LogP) is 2.75. The Labute approximate surface area is 133 Å². The number of nitrogens with zero attached hydrogens (tertiary/aromatic N) is 3. The maximum atomic E-state index is 6.06. The zero-order valence-electron chi connectivity index (χ0n) is 11.9. The molecule has 3 rings (SSSR count). The average Bonchev–Trinajstić information content (AvgIpc) is 2.49. The lowest BCUT2D eigenvalue weighted by molar-refractivity contribution is 0.249. The van der Waals surface area contributed by atoms with Gasteiger partial charge < -0.3 is 10.6 Å². The predicted molar refractivity (Wildman–Crippen MR) is 90.3 cm³/mol. The van der Waals surface area contributed by atoms with Crippen LogP contribution in [0.2, 0.25) is 0 Å². The van der Waals surface area contributed by atoms with Gasteiger partial charge in [0.25, 0.3) is 0 Å². The standard InChI is InChI=1S/C16H19BrN4/c17-14-10-15(18)16(19-11-14)21-8-6-20(7-9-21)12-13-4-2-1-3-5-13/h1-5,10-11H,6-9,12,18H2. The summed E-state index contributed by atoms with van der Waals surface area (Å²) in [4.78, 5) is 9.19. The third-order valence-corrected chi connectivity index (χ3v) is 4.22. The number of anilines is 2. The fourth-order valence-electron chi connectivity index (χ4n) is 2.67. The van der Waals surface area contributed by atoms with E-state index in [1.165, 1.54) is 5.56 Å². The first-order chi connectivity index (χ1) is 10.2. The van der Waals surface area contributed by atoms with Crippen molar-refractivity contribution < 1.29 is 0 Å². The Morgan fingerprint density at radius 1 is 1.10 bits per heavy atom. The molecular formula is C16H19BrN4. The molecule has 0 bridgehead atoms. The highest BCUT2D eigenvalue weighted by Gasteiger charge is 2.19. The zero-order valence-corrected chi connectivity index (χ0v) is 13.5. The number of nitrogen functional groups attached to an aromatic ring is 1. The fraction of sp³-hybridized carbons (Fsp3) is 0.312. The van der Waals surface area contributed by atoms with Gasteiger partial charge in [-0.1, -0.05) is 30.3 Å². The Hall–Kier alpha value is -1.59. The van der Waals surface area contributed by atoms with E-state index in [0.717, 1.165) is 48.7 Å². The molecule has 1 aliphatic rings. The molecule has 2 aromatic rings. The summed E-state index contributed by atoms with van der Waals surface area (Å²) >= 11 is 3.40. The number of pyridine rings is 1. The van der Waals surface area contributed by atoms with E-state index in [0.29, 0.717) is 0 Å². The van der Waals surface area contributed by atoms with Gasteiger partial charge in [0.1, 0.15) is 0 Å². The molecule has 21 heavy (non-hydrogen) atoms. The molecule has 110 valence electrons. The molecule has 0 saturated carbocycles. The maximum Gasteiger partial charge on any atom is 0.151 e. The molecule has 2 heterocycles. The molecule has 0 unspecified atom stereocenters. The number of aromatic nitrogens is 1. The van der Waals surface area contributed by atoms with Crippen LogP contribution in [0.15, 0.2) is 47.1 Å². The highest BCUT2D eigenvalue weighted by molar-refractivity contribution is 9.10. The van der Waals surface area contributed by atoms with Crippen molar-refractivity contribution in [3.8, 4) is 0 Å². The lowest BCUT2D eigenvalue weighted by Gasteiger charge is -2.35. The van der Waals surface area contributed by atoms with Crippen LogP contribution in [0.25, 0.3) is 0 Å². The number of halogens is 1. The first kappa shape index (κ1) is 14.4. The number of rotatable bonds is 3. The molecule has 1 saturated heterocycles. The summed E-state index contributed by atoms with van der Waals surface area (Å²) in [7, 11) is 0. The molecule has 1 fully saturated rings. The van der Waals surface area contributed by atoms with Crippen molar-refractivity contribution in [2.24, 2.45) is 0 Å². The number of benzene rings is 1. The van der Waals surface area contributed by atoms with Crippen LogP contribution < -0.4 is 10.6 Å². The summed E-state index contributed by atoms with van der Waals surface area (Å²) in [6.45, 7) is 5.01. The van der Waals surface area contributed by atoms with Crippen molar-refractivity contribution in [2.45, 2.75) is 6.54 Å². The Morgan fingerprint density at radius 3 is 2.48 bits per heavy atom. The van der Waals surface area contributed by atoms with Crippen molar-refractivity contribution in [1.82, 2.24) is 9.88 Å². The zero-order chi connectivity index (χ0) is 14.7. The molecule has 5 heteroatoms. The van der Waals surface area contributed by atoms with E-state index in [-0.39, 0.29) is 0 Å². The van der Waals surface area contributed by atoms with E-state index in [1.54, 1.807) is 0 Å². The molecule has 4 nitrogen and oxygen atoms in total. The maximum absolute atomic E-state index is 6.06. The van der Waals surface area contributed by atoms with E-state index in [2.05, 4.69) is 61.0 Å². The van der Waals surface area contributed by atoms with E-state index < -0.39 is 0 Å². The summed E-state index contributed by atoms with van der Waals surface area (Å²) in [5, 5.41) is 0. The largest absolute Gasteiger partial charge is 0.396 e. The average molecular weight is 347 g/mol. The third kappa shape index (κ3) is 3.54. The van der Waals surface area contributed by atoms with Crippen molar-refractivity contribution in [2.75, 3.05) is 36.8 Å². The molecule has 0 aliphatic carbocycles. The monoisotopic (exact) mass is 346 g/mol. The molecule has 1 aromatic carbocycles. The quantitative estimate of drug-likeness (QED) is 0.928. The molecule has 0 atom stereocenters. The van der Waals surface area contributed by atoms with Crippen LogP contribution in [0, 0.1) is 0 Å². The van der Waals surface area contributed by atoms with Crippen LogP contribution in [-0.2, 0) is 6.54 Å². The molecule has 0 amide bonds. The normalized spacial score (nSPS) is 16.1. The van der Waals surface area contributed by atoms with Crippen LogP contribution in [0.5, 0.6) is 0 Å². The van der Waals surface area contributed by atoms with Gasteiger partial charge >= 0.3 is 0 Å². The van der Waals surface area contributed by atoms with Crippen LogP contribution in [0.1, 0.15) is 5.56 Å². The lowest BCUT2D eigenvalue weighted by Crippen LogP contribution is -2.46. The minimum absolute atomic E-state index is 0.737. The molecule has 1 aromatic heterocycles. The Morgan fingerprint density at radius 2 is 1.81 bits per heavy atom. The van der Waals surface area contributed by atoms with E-state index in [9.17, 15) is 0 Å². The molecule has 2 N–H and O–H groups in total. The summed E-state index contributed by atoms with van der Waals surface area (Å²) in [5.41, 5.74) is 8.17. The molecular weight excluding hydrogens is 328 g/mol. The summed E-state index contributed by atoms with van der Waals surface area (Å²) < 4.78 is 0.923. The number of hydrogen-bond donors (Lipinski definition) is 1. The molecule has 1 aliphatic heterocycles. The van der Waals surface area contributed by atoms with Crippen molar-refractivity contribution in [3.05, 3.63) is 52.6 Å². The van der Waals surface area contributed by atoms with Gasteiger partial charge in [0.15, 0.2) is 5.82 Å². The van der Waals surface area contributed by atoms with E-state index >= 15 is 0 Å². The number of piperazine rings is 1. The van der Waals surface area contributed by atoms with Crippen LogP contribution in [-0.4, -0.2) is 36.1 Å². The summed E-state index contributed by atoms with van der Waals surface area (Å²) in [5.74, 6) is 0.901. The Kier molecular flexibility index (Phi) is 4.41. The smallest absolute Gasteiger partial charge is 0.151 e. The molecule has 0 spiro atoms.